The van der Waals surface area contributed by atoms with Crippen LogP contribution in [0.1, 0.15) is 21.5 Å². The van der Waals surface area contributed by atoms with Gasteiger partial charge in [0.25, 0.3) is 5.91 Å². The van der Waals surface area contributed by atoms with E-state index in [9.17, 15) is 4.79 Å². The van der Waals surface area contributed by atoms with Crippen molar-refractivity contribution < 1.29 is 9.53 Å². The molecule has 0 aromatic heterocycles. The highest BCUT2D eigenvalue weighted by Crippen LogP contribution is 2.38. The minimum atomic E-state index is -0.127. The summed E-state index contributed by atoms with van der Waals surface area (Å²) < 4.78 is 5.83. The largest absolute Gasteiger partial charge is 0.454 e. The number of para-hydroxylation sites is 1. The third-order valence-electron chi connectivity index (χ3n) is 3.29. The van der Waals surface area contributed by atoms with Crippen molar-refractivity contribution in [3.63, 3.8) is 0 Å². The van der Waals surface area contributed by atoms with Gasteiger partial charge in [-0.15, -0.1) is 0 Å². The first-order valence-electron chi connectivity index (χ1n) is 5.85. The van der Waals surface area contributed by atoms with E-state index < -0.39 is 0 Å². The molecule has 1 aliphatic rings. The number of hydrogen-bond acceptors (Lipinski definition) is 2. The zero-order valence-corrected chi connectivity index (χ0v) is 10.3. The predicted octanol–water partition coefficient (Wildman–Crippen LogP) is 3.66. The van der Waals surface area contributed by atoms with Crippen molar-refractivity contribution in [2.75, 3.05) is 5.32 Å². The van der Waals surface area contributed by atoms with E-state index >= 15 is 0 Å². The van der Waals surface area contributed by atoms with Crippen LogP contribution >= 0.6 is 0 Å². The van der Waals surface area contributed by atoms with Crippen LogP contribution in [0, 0.1) is 13.8 Å². The van der Waals surface area contributed by atoms with Gasteiger partial charge in [-0.2, -0.15) is 0 Å². The molecule has 2 aromatic rings. The second-order valence-corrected chi connectivity index (χ2v) is 4.43. The van der Waals surface area contributed by atoms with Gasteiger partial charge in [0.2, 0.25) is 0 Å². The zero-order valence-electron chi connectivity index (χ0n) is 10.3. The lowest BCUT2D eigenvalue weighted by atomic mass is 10.1. The Kier molecular flexibility index (Phi) is 2.33. The second-order valence-electron chi connectivity index (χ2n) is 4.43. The first-order valence-corrected chi connectivity index (χ1v) is 5.85. The molecule has 0 aliphatic carbocycles. The van der Waals surface area contributed by atoms with Gasteiger partial charge in [0.15, 0.2) is 5.75 Å². The van der Waals surface area contributed by atoms with Crippen LogP contribution < -0.4 is 10.1 Å². The lowest BCUT2D eigenvalue weighted by Gasteiger charge is -2.11. The number of fused-ring (bicyclic) bond motifs is 2. The summed E-state index contributed by atoms with van der Waals surface area (Å²) in [5, 5.41) is 2.92. The first-order chi connectivity index (χ1) is 8.66. The van der Waals surface area contributed by atoms with Gasteiger partial charge in [-0.1, -0.05) is 18.2 Å². The molecule has 1 heterocycles. The average Bonchev–Trinajstić information content (AvgIpc) is 2.52. The van der Waals surface area contributed by atoms with Crippen molar-refractivity contribution in [3.8, 4) is 11.5 Å². The molecule has 1 aliphatic heterocycles. The quantitative estimate of drug-likeness (QED) is 0.761. The van der Waals surface area contributed by atoms with Crippen LogP contribution in [0.4, 0.5) is 5.69 Å². The van der Waals surface area contributed by atoms with Crippen molar-refractivity contribution in [2.45, 2.75) is 13.8 Å². The summed E-state index contributed by atoms with van der Waals surface area (Å²) >= 11 is 0. The standard InChI is InChI=1S/C15H13NO2/c1-9-7-8-13-14(10(9)2)16-15(17)11-5-3-4-6-12(11)18-13/h3-8H,1-2H3,(H,16,17). The summed E-state index contributed by atoms with van der Waals surface area (Å²) in [6.07, 6.45) is 0. The van der Waals surface area contributed by atoms with Gasteiger partial charge in [-0.3, -0.25) is 4.79 Å². The Morgan fingerprint density at radius 1 is 1.00 bits per heavy atom. The van der Waals surface area contributed by atoms with Crippen molar-refractivity contribution in [3.05, 3.63) is 53.1 Å². The molecule has 3 heteroatoms. The molecular formula is C15H13NO2. The Hall–Kier alpha value is -2.29. The zero-order chi connectivity index (χ0) is 12.7. The molecule has 0 fully saturated rings. The normalized spacial score (nSPS) is 12.9. The Labute approximate surface area is 105 Å². The van der Waals surface area contributed by atoms with Gasteiger partial charge >= 0.3 is 0 Å². The van der Waals surface area contributed by atoms with Crippen molar-refractivity contribution in [2.24, 2.45) is 0 Å². The van der Waals surface area contributed by atoms with Gasteiger partial charge < -0.3 is 10.1 Å². The number of rotatable bonds is 0. The van der Waals surface area contributed by atoms with E-state index in [-0.39, 0.29) is 5.91 Å². The predicted molar refractivity (Wildman–Crippen MR) is 70.4 cm³/mol. The highest BCUT2D eigenvalue weighted by Gasteiger charge is 2.21. The fourth-order valence-electron chi connectivity index (χ4n) is 2.07. The Morgan fingerprint density at radius 3 is 2.61 bits per heavy atom. The molecule has 3 nitrogen and oxygen atoms in total. The summed E-state index contributed by atoms with van der Waals surface area (Å²) in [7, 11) is 0. The lowest BCUT2D eigenvalue weighted by molar-refractivity contribution is 0.102. The highest BCUT2D eigenvalue weighted by molar-refractivity contribution is 6.08. The average molecular weight is 239 g/mol. The number of amides is 1. The number of hydrogen-bond donors (Lipinski definition) is 1. The van der Waals surface area contributed by atoms with Crippen LogP contribution in [0.5, 0.6) is 11.5 Å². The molecule has 0 bridgehead atoms. The number of carbonyl (C=O) groups excluding carboxylic acids is 1. The van der Waals surface area contributed by atoms with Gasteiger partial charge in [-0.25, -0.2) is 0 Å². The molecule has 2 aromatic carbocycles. The smallest absolute Gasteiger partial charge is 0.259 e. The van der Waals surface area contributed by atoms with Crippen LogP contribution in [0.25, 0.3) is 0 Å². The molecule has 3 rings (SSSR count). The Balaban J connectivity index is 2.21. The molecule has 0 saturated carbocycles. The van der Waals surface area contributed by atoms with Gasteiger partial charge in [0.05, 0.1) is 11.3 Å². The number of aryl methyl sites for hydroxylation is 1. The fourth-order valence-corrected chi connectivity index (χ4v) is 2.07. The van der Waals surface area contributed by atoms with E-state index in [0.29, 0.717) is 17.1 Å². The number of nitrogens with one attached hydrogen (secondary N) is 1. The van der Waals surface area contributed by atoms with E-state index in [1.54, 1.807) is 12.1 Å². The monoisotopic (exact) mass is 239 g/mol. The maximum atomic E-state index is 12.1. The third kappa shape index (κ3) is 1.56. The van der Waals surface area contributed by atoms with Crippen LogP contribution in [-0.2, 0) is 0 Å². The van der Waals surface area contributed by atoms with E-state index in [2.05, 4.69) is 5.32 Å². The SMILES string of the molecule is Cc1ccc2c(c1C)NC(=O)c1ccccc1O2. The lowest BCUT2D eigenvalue weighted by Crippen LogP contribution is -2.11. The summed E-state index contributed by atoms with van der Waals surface area (Å²) in [6.45, 7) is 3.99. The third-order valence-corrected chi connectivity index (χ3v) is 3.29. The molecule has 0 unspecified atom stereocenters. The topological polar surface area (TPSA) is 38.3 Å². The maximum absolute atomic E-state index is 12.1. The molecule has 18 heavy (non-hydrogen) atoms. The van der Waals surface area contributed by atoms with Gasteiger partial charge in [0.1, 0.15) is 5.75 Å². The minimum Gasteiger partial charge on any atom is -0.454 e. The summed E-state index contributed by atoms with van der Waals surface area (Å²) in [6, 6.07) is 11.1. The molecule has 1 amide bonds. The summed E-state index contributed by atoms with van der Waals surface area (Å²) in [4.78, 5) is 12.1. The number of anilines is 1. The van der Waals surface area contributed by atoms with Crippen molar-refractivity contribution in [1.29, 1.82) is 0 Å². The molecule has 0 atom stereocenters. The minimum absolute atomic E-state index is 0.127. The summed E-state index contributed by atoms with van der Waals surface area (Å²) in [5.41, 5.74) is 3.49. The number of ether oxygens (including phenoxy) is 1. The molecule has 0 radical (unpaired) electrons. The molecule has 1 N–H and O–H groups in total. The van der Waals surface area contributed by atoms with Crippen LogP contribution in [0.3, 0.4) is 0 Å². The van der Waals surface area contributed by atoms with E-state index in [1.165, 1.54) is 0 Å². The highest BCUT2D eigenvalue weighted by atomic mass is 16.5. The molecule has 90 valence electrons. The van der Waals surface area contributed by atoms with Crippen molar-refractivity contribution >= 4 is 11.6 Å². The van der Waals surface area contributed by atoms with Crippen molar-refractivity contribution in [1.82, 2.24) is 0 Å². The van der Waals surface area contributed by atoms with E-state index in [4.69, 9.17) is 4.74 Å². The van der Waals surface area contributed by atoms with Crippen LogP contribution in [-0.4, -0.2) is 5.91 Å². The second kappa shape index (κ2) is 3.88. The van der Waals surface area contributed by atoms with Crippen LogP contribution in [0.2, 0.25) is 0 Å². The fraction of sp³-hybridized carbons (Fsp3) is 0.133. The molecule has 0 saturated heterocycles. The first kappa shape index (κ1) is 10.8. The van der Waals surface area contributed by atoms with Crippen LogP contribution in [0.15, 0.2) is 36.4 Å². The maximum Gasteiger partial charge on any atom is 0.259 e. The van der Waals surface area contributed by atoms with E-state index in [0.717, 1.165) is 16.8 Å². The molecular weight excluding hydrogens is 226 g/mol. The van der Waals surface area contributed by atoms with Gasteiger partial charge in [-0.05, 0) is 43.2 Å². The summed E-state index contributed by atoms with van der Waals surface area (Å²) in [5.74, 6) is 1.16. The van der Waals surface area contributed by atoms with Gasteiger partial charge in [0, 0.05) is 0 Å². The molecule has 0 spiro atoms. The Bertz CT molecular complexity index is 647. The number of carbonyl (C=O) groups is 1. The van der Waals surface area contributed by atoms with E-state index in [1.807, 2.05) is 38.1 Å². The number of benzene rings is 2. The Morgan fingerprint density at radius 2 is 1.78 bits per heavy atom.